The Labute approximate surface area is 142 Å². The molecule has 0 aliphatic carbocycles. The lowest BCUT2D eigenvalue weighted by Gasteiger charge is -2.37. The summed E-state index contributed by atoms with van der Waals surface area (Å²) < 4.78 is 12.7. The Balaban J connectivity index is 2.30. The molecule has 2 heterocycles. The predicted molar refractivity (Wildman–Crippen MR) is 86.0 cm³/mol. The summed E-state index contributed by atoms with van der Waals surface area (Å²) in [4.78, 5) is 26.8. The average Bonchev–Trinajstić information content (AvgIpc) is 2.84. The number of hydrogen-bond donors (Lipinski definition) is 0. The molecule has 0 N–H and O–H groups in total. The number of amides is 1. The SMILES string of the molecule is CCOC(C)C(=O)N1Cc2nnc(C)n2CC1C(=O)OC(C)(C)C. The van der Waals surface area contributed by atoms with Crippen molar-refractivity contribution < 1.29 is 19.1 Å². The van der Waals surface area contributed by atoms with Crippen LogP contribution in [0.5, 0.6) is 0 Å². The fourth-order valence-corrected chi connectivity index (χ4v) is 2.67. The molecule has 0 saturated heterocycles. The summed E-state index contributed by atoms with van der Waals surface area (Å²) in [5.41, 5.74) is -0.625. The zero-order valence-electron chi connectivity index (χ0n) is 15.2. The third kappa shape index (κ3) is 3.92. The summed E-state index contributed by atoms with van der Waals surface area (Å²) in [5.74, 6) is 0.686. The van der Waals surface area contributed by atoms with Crippen molar-refractivity contribution in [3.63, 3.8) is 0 Å². The molecular formula is C16H26N4O4. The van der Waals surface area contributed by atoms with Crippen LogP contribution in [0.1, 0.15) is 46.3 Å². The Bertz CT molecular complexity index is 620. The third-order valence-electron chi connectivity index (χ3n) is 3.78. The van der Waals surface area contributed by atoms with Crippen LogP contribution in [0.2, 0.25) is 0 Å². The van der Waals surface area contributed by atoms with Crippen molar-refractivity contribution in [2.45, 2.75) is 72.4 Å². The lowest BCUT2D eigenvalue weighted by atomic mass is 10.1. The lowest BCUT2D eigenvalue weighted by Crippen LogP contribution is -2.54. The molecule has 1 aromatic heterocycles. The highest BCUT2D eigenvalue weighted by Gasteiger charge is 2.40. The Morgan fingerprint density at radius 3 is 2.58 bits per heavy atom. The molecule has 1 aliphatic rings. The fourth-order valence-electron chi connectivity index (χ4n) is 2.67. The van der Waals surface area contributed by atoms with E-state index in [2.05, 4.69) is 10.2 Å². The standard InChI is InChI=1S/C16H26N4O4/c1-7-23-10(2)14(21)20-9-13-18-17-11(3)19(13)8-12(20)15(22)24-16(4,5)6/h10,12H,7-9H2,1-6H3. The molecule has 8 heteroatoms. The summed E-state index contributed by atoms with van der Waals surface area (Å²) in [7, 11) is 0. The number of esters is 1. The minimum absolute atomic E-state index is 0.209. The Kier molecular flexibility index (Phi) is 5.27. The van der Waals surface area contributed by atoms with Gasteiger partial charge < -0.3 is 18.9 Å². The number of hydrogen-bond acceptors (Lipinski definition) is 6. The van der Waals surface area contributed by atoms with E-state index in [0.29, 0.717) is 18.3 Å². The second kappa shape index (κ2) is 6.88. The molecule has 0 saturated carbocycles. The minimum atomic E-state index is -0.721. The number of nitrogens with zero attached hydrogens (tertiary/aromatic N) is 4. The van der Waals surface area contributed by atoms with Gasteiger partial charge in [0.25, 0.3) is 5.91 Å². The quantitative estimate of drug-likeness (QED) is 0.763. The van der Waals surface area contributed by atoms with Crippen molar-refractivity contribution in [1.82, 2.24) is 19.7 Å². The maximum absolute atomic E-state index is 12.7. The maximum atomic E-state index is 12.7. The van der Waals surface area contributed by atoms with E-state index in [1.807, 2.05) is 18.4 Å². The van der Waals surface area contributed by atoms with Gasteiger partial charge in [0.1, 0.15) is 23.6 Å². The molecule has 2 rings (SSSR count). The molecule has 8 nitrogen and oxygen atoms in total. The van der Waals surface area contributed by atoms with Crippen LogP contribution in [0.3, 0.4) is 0 Å². The Hall–Kier alpha value is -1.96. The highest BCUT2D eigenvalue weighted by atomic mass is 16.6. The van der Waals surface area contributed by atoms with Gasteiger partial charge in [-0.3, -0.25) is 4.79 Å². The van der Waals surface area contributed by atoms with Gasteiger partial charge in [0, 0.05) is 6.61 Å². The van der Waals surface area contributed by atoms with Crippen molar-refractivity contribution in [2.24, 2.45) is 0 Å². The number of ether oxygens (including phenoxy) is 2. The zero-order valence-corrected chi connectivity index (χ0v) is 15.2. The summed E-state index contributed by atoms with van der Waals surface area (Å²) in [6.45, 7) is 11.7. The van der Waals surface area contributed by atoms with E-state index in [9.17, 15) is 9.59 Å². The first-order valence-electron chi connectivity index (χ1n) is 8.17. The van der Waals surface area contributed by atoms with Crippen LogP contribution in [0.25, 0.3) is 0 Å². The van der Waals surface area contributed by atoms with Crippen molar-refractivity contribution >= 4 is 11.9 Å². The van der Waals surface area contributed by atoms with Gasteiger partial charge in [0.2, 0.25) is 0 Å². The fraction of sp³-hybridized carbons (Fsp3) is 0.750. The lowest BCUT2D eigenvalue weighted by molar-refractivity contribution is -0.169. The monoisotopic (exact) mass is 338 g/mol. The Morgan fingerprint density at radius 2 is 2.00 bits per heavy atom. The summed E-state index contributed by atoms with van der Waals surface area (Å²) in [6, 6.07) is -0.721. The van der Waals surface area contributed by atoms with E-state index in [1.54, 1.807) is 27.7 Å². The smallest absolute Gasteiger partial charge is 0.331 e. The van der Waals surface area contributed by atoms with E-state index in [-0.39, 0.29) is 19.0 Å². The molecule has 134 valence electrons. The molecule has 1 aliphatic heterocycles. The molecule has 0 spiro atoms. The molecule has 0 bridgehead atoms. The van der Waals surface area contributed by atoms with Crippen LogP contribution in [0.15, 0.2) is 0 Å². The van der Waals surface area contributed by atoms with Gasteiger partial charge in [0.15, 0.2) is 5.82 Å². The number of aromatic nitrogens is 3. The summed E-state index contributed by atoms with van der Waals surface area (Å²) >= 11 is 0. The van der Waals surface area contributed by atoms with Crippen LogP contribution in [-0.2, 0) is 32.2 Å². The Morgan fingerprint density at radius 1 is 1.33 bits per heavy atom. The van der Waals surface area contributed by atoms with Gasteiger partial charge in [-0.25, -0.2) is 4.79 Å². The first-order valence-corrected chi connectivity index (χ1v) is 8.17. The van der Waals surface area contributed by atoms with E-state index < -0.39 is 23.7 Å². The largest absolute Gasteiger partial charge is 0.458 e. The van der Waals surface area contributed by atoms with Gasteiger partial charge in [-0.1, -0.05) is 0 Å². The summed E-state index contributed by atoms with van der Waals surface area (Å²) in [5, 5.41) is 8.12. The van der Waals surface area contributed by atoms with Crippen molar-refractivity contribution in [3.05, 3.63) is 11.6 Å². The highest BCUT2D eigenvalue weighted by Crippen LogP contribution is 2.22. The second-order valence-electron chi connectivity index (χ2n) is 6.89. The van der Waals surface area contributed by atoms with E-state index in [0.717, 1.165) is 0 Å². The van der Waals surface area contributed by atoms with Gasteiger partial charge >= 0.3 is 5.97 Å². The molecular weight excluding hydrogens is 312 g/mol. The molecule has 0 radical (unpaired) electrons. The maximum Gasteiger partial charge on any atom is 0.331 e. The van der Waals surface area contributed by atoms with Crippen LogP contribution in [0.4, 0.5) is 0 Å². The van der Waals surface area contributed by atoms with Crippen LogP contribution in [-0.4, -0.2) is 55.9 Å². The van der Waals surface area contributed by atoms with Crippen molar-refractivity contribution in [1.29, 1.82) is 0 Å². The number of rotatable bonds is 4. The molecule has 0 fully saturated rings. The third-order valence-corrected chi connectivity index (χ3v) is 3.78. The zero-order chi connectivity index (χ0) is 18.1. The van der Waals surface area contributed by atoms with E-state index >= 15 is 0 Å². The van der Waals surface area contributed by atoms with Gasteiger partial charge in [-0.2, -0.15) is 0 Å². The molecule has 2 atom stereocenters. The highest BCUT2D eigenvalue weighted by molar-refractivity contribution is 5.87. The molecule has 0 aromatic carbocycles. The van der Waals surface area contributed by atoms with Crippen molar-refractivity contribution in [3.8, 4) is 0 Å². The molecule has 2 unspecified atom stereocenters. The normalized spacial score (nSPS) is 18.9. The first-order chi connectivity index (χ1) is 11.1. The minimum Gasteiger partial charge on any atom is -0.458 e. The van der Waals surface area contributed by atoms with E-state index in [4.69, 9.17) is 9.47 Å². The van der Waals surface area contributed by atoms with Gasteiger partial charge in [-0.15, -0.1) is 10.2 Å². The predicted octanol–water partition coefficient (Wildman–Crippen LogP) is 1.06. The van der Waals surface area contributed by atoms with Crippen molar-refractivity contribution in [2.75, 3.05) is 6.61 Å². The van der Waals surface area contributed by atoms with Crippen LogP contribution in [0, 0.1) is 6.92 Å². The van der Waals surface area contributed by atoms with Crippen LogP contribution >= 0.6 is 0 Å². The average molecular weight is 338 g/mol. The number of carbonyl (C=O) groups is 2. The molecule has 1 aromatic rings. The topological polar surface area (TPSA) is 86.5 Å². The number of fused-ring (bicyclic) bond motifs is 1. The van der Waals surface area contributed by atoms with Crippen LogP contribution < -0.4 is 0 Å². The number of aryl methyl sites for hydroxylation is 1. The van der Waals surface area contributed by atoms with Gasteiger partial charge in [-0.05, 0) is 41.5 Å². The molecule has 1 amide bonds. The number of carbonyl (C=O) groups excluding carboxylic acids is 2. The van der Waals surface area contributed by atoms with Gasteiger partial charge in [0.05, 0.1) is 13.1 Å². The molecule has 24 heavy (non-hydrogen) atoms. The van der Waals surface area contributed by atoms with E-state index in [1.165, 1.54) is 4.90 Å². The first kappa shape index (κ1) is 18.4. The second-order valence-corrected chi connectivity index (χ2v) is 6.89. The summed E-state index contributed by atoms with van der Waals surface area (Å²) in [6.07, 6.45) is -0.629.